The van der Waals surface area contributed by atoms with Gasteiger partial charge in [0, 0.05) is 29.8 Å². The number of fused-ring (bicyclic) bond motifs is 1. The van der Waals surface area contributed by atoms with Crippen LogP contribution in [0.25, 0.3) is 22.8 Å². The van der Waals surface area contributed by atoms with E-state index in [-0.39, 0.29) is 0 Å². The number of nitrogens with one attached hydrogen (secondary N) is 1. The van der Waals surface area contributed by atoms with E-state index in [0.717, 1.165) is 29.1 Å². The molecular formula is C21H17N5O. The molecule has 0 atom stereocenters. The molecule has 1 aliphatic rings. The number of nitriles is 1. The lowest BCUT2D eigenvalue weighted by atomic mass is 10.1. The first-order valence-corrected chi connectivity index (χ1v) is 8.58. The summed E-state index contributed by atoms with van der Waals surface area (Å²) in [5.74, 6) is 0.872. The van der Waals surface area contributed by atoms with E-state index >= 15 is 0 Å². The van der Waals surface area contributed by atoms with Crippen molar-refractivity contribution in [1.82, 2.24) is 10.1 Å². The molecule has 0 fully saturated rings. The molecule has 0 saturated heterocycles. The fraction of sp³-hybridized carbons (Fsp3) is 0.143. The minimum Gasteiger partial charge on any atom is -0.381 e. The number of aliphatic imine (C=N–C) groups is 1. The van der Waals surface area contributed by atoms with Crippen LogP contribution in [0.5, 0.6) is 0 Å². The fourth-order valence-electron chi connectivity index (χ4n) is 3.04. The first-order chi connectivity index (χ1) is 13.2. The normalized spacial score (nSPS) is 12.2. The molecule has 1 aliphatic heterocycles. The Morgan fingerprint density at radius 2 is 2.11 bits per heavy atom. The minimum atomic E-state index is 0.372. The predicted octanol–water partition coefficient (Wildman–Crippen LogP) is 4.52. The van der Waals surface area contributed by atoms with Gasteiger partial charge in [0.15, 0.2) is 0 Å². The number of nitrogens with zero attached hydrogens (tertiary/aromatic N) is 4. The van der Waals surface area contributed by atoms with Crippen LogP contribution >= 0.6 is 0 Å². The van der Waals surface area contributed by atoms with Crippen molar-refractivity contribution in [3.05, 3.63) is 60.2 Å². The highest BCUT2D eigenvalue weighted by molar-refractivity contribution is 5.92. The molecule has 0 bridgehead atoms. The number of hydrogen-bond acceptors (Lipinski definition) is 6. The Kier molecular flexibility index (Phi) is 4.27. The van der Waals surface area contributed by atoms with E-state index in [1.165, 1.54) is 5.56 Å². The van der Waals surface area contributed by atoms with Crippen molar-refractivity contribution in [3.8, 4) is 28.9 Å². The summed E-state index contributed by atoms with van der Waals surface area (Å²) in [6, 6.07) is 13.6. The molecule has 0 aliphatic carbocycles. The highest BCUT2D eigenvalue weighted by atomic mass is 16.5. The molecule has 0 amide bonds. The maximum absolute atomic E-state index is 9.39. The number of anilines is 1. The zero-order valence-corrected chi connectivity index (χ0v) is 14.9. The van der Waals surface area contributed by atoms with E-state index in [1.807, 2.05) is 31.2 Å². The second kappa shape index (κ2) is 6.89. The van der Waals surface area contributed by atoms with E-state index in [0.29, 0.717) is 29.4 Å². The summed E-state index contributed by atoms with van der Waals surface area (Å²) >= 11 is 0. The molecular weight excluding hydrogens is 338 g/mol. The average Bonchev–Trinajstić information content (AvgIpc) is 3.31. The molecule has 0 spiro atoms. The van der Waals surface area contributed by atoms with Gasteiger partial charge in [-0.2, -0.15) is 10.2 Å². The Morgan fingerprint density at radius 3 is 2.93 bits per heavy atom. The maximum Gasteiger partial charge on any atom is 0.258 e. The average molecular weight is 355 g/mol. The van der Waals surface area contributed by atoms with Crippen molar-refractivity contribution in [2.24, 2.45) is 4.99 Å². The van der Waals surface area contributed by atoms with Gasteiger partial charge in [0.25, 0.3) is 5.89 Å². The van der Waals surface area contributed by atoms with E-state index in [9.17, 15) is 5.26 Å². The van der Waals surface area contributed by atoms with Crippen LogP contribution < -0.4 is 5.32 Å². The summed E-state index contributed by atoms with van der Waals surface area (Å²) in [4.78, 5) is 9.03. The molecule has 0 saturated carbocycles. The van der Waals surface area contributed by atoms with Gasteiger partial charge in [0.1, 0.15) is 6.07 Å². The van der Waals surface area contributed by atoms with Crippen molar-refractivity contribution < 1.29 is 4.52 Å². The maximum atomic E-state index is 9.39. The Hall–Kier alpha value is -3.72. The van der Waals surface area contributed by atoms with Gasteiger partial charge < -0.3 is 9.84 Å². The molecule has 0 unspecified atom stereocenters. The molecule has 6 nitrogen and oxygen atoms in total. The van der Waals surface area contributed by atoms with E-state index in [4.69, 9.17) is 4.52 Å². The summed E-state index contributed by atoms with van der Waals surface area (Å²) in [6.45, 7) is 6.27. The van der Waals surface area contributed by atoms with Crippen LogP contribution in [-0.2, 0) is 6.42 Å². The topological polar surface area (TPSA) is 87.1 Å². The van der Waals surface area contributed by atoms with Gasteiger partial charge in [-0.05, 0) is 36.8 Å². The van der Waals surface area contributed by atoms with Crippen LogP contribution in [0.1, 0.15) is 18.1 Å². The number of benzene rings is 2. The standard InChI is InChI=1S/C21H17N5O/c1-3-8-23-18-7-6-16(10-17(18)12-22)21-25-20(26-27-21)15-5-4-14-9-13(2)24-19(14)11-15/h3-7,10-11,23H,1,8-9H2,2H3. The summed E-state index contributed by atoms with van der Waals surface area (Å²) in [6.07, 6.45) is 2.62. The Labute approximate surface area is 156 Å². The summed E-state index contributed by atoms with van der Waals surface area (Å²) in [5.41, 5.74) is 6.08. The quantitative estimate of drug-likeness (QED) is 0.680. The van der Waals surface area contributed by atoms with E-state index in [1.54, 1.807) is 12.1 Å². The second-order valence-electron chi connectivity index (χ2n) is 6.33. The van der Waals surface area contributed by atoms with E-state index < -0.39 is 0 Å². The third kappa shape index (κ3) is 3.23. The summed E-state index contributed by atoms with van der Waals surface area (Å²) < 4.78 is 5.42. The van der Waals surface area contributed by atoms with Crippen molar-refractivity contribution in [1.29, 1.82) is 5.26 Å². The Bertz CT molecular complexity index is 1100. The molecule has 132 valence electrons. The van der Waals surface area contributed by atoms with Crippen LogP contribution in [0, 0.1) is 11.3 Å². The summed E-state index contributed by atoms with van der Waals surface area (Å²) in [5, 5.41) is 16.6. The molecule has 0 radical (unpaired) electrons. The van der Waals surface area contributed by atoms with Gasteiger partial charge in [-0.1, -0.05) is 23.4 Å². The first kappa shape index (κ1) is 16.7. The number of aromatic nitrogens is 2. The van der Waals surface area contributed by atoms with Gasteiger partial charge in [0.05, 0.1) is 16.9 Å². The van der Waals surface area contributed by atoms with Gasteiger partial charge in [0.2, 0.25) is 5.82 Å². The lowest BCUT2D eigenvalue weighted by molar-refractivity contribution is 0.432. The molecule has 27 heavy (non-hydrogen) atoms. The molecule has 2 aromatic carbocycles. The highest BCUT2D eigenvalue weighted by Gasteiger charge is 2.16. The van der Waals surface area contributed by atoms with Crippen LogP contribution in [0.4, 0.5) is 11.4 Å². The molecule has 1 N–H and O–H groups in total. The Balaban J connectivity index is 1.64. The number of hydrogen-bond donors (Lipinski definition) is 1. The lowest BCUT2D eigenvalue weighted by Crippen LogP contribution is -2.00. The van der Waals surface area contributed by atoms with Gasteiger partial charge in [-0.3, -0.25) is 4.99 Å². The van der Waals surface area contributed by atoms with Gasteiger partial charge >= 0.3 is 0 Å². The Morgan fingerprint density at radius 1 is 1.26 bits per heavy atom. The lowest BCUT2D eigenvalue weighted by Gasteiger charge is -2.06. The molecule has 1 aromatic heterocycles. The van der Waals surface area contributed by atoms with Crippen LogP contribution in [-0.4, -0.2) is 22.4 Å². The minimum absolute atomic E-state index is 0.372. The molecule has 6 heteroatoms. The van der Waals surface area contributed by atoms with Crippen molar-refractivity contribution in [3.63, 3.8) is 0 Å². The zero-order chi connectivity index (χ0) is 18.8. The zero-order valence-electron chi connectivity index (χ0n) is 14.9. The van der Waals surface area contributed by atoms with Crippen molar-refractivity contribution in [2.75, 3.05) is 11.9 Å². The van der Waals surface area contributed by atoms with Crippen molar-refractivity contribution in [2.45, 2.75) is 13.3 Å². The van der Waals surface area contributed by atoms with Crippen LogP contribution in [0.3, 0.4) is 0 Å². The van der Waals surface area contributed by atoms with Gasteiger partial charge in [-0.25, -0.2) is 0 Å². The summed E-state index contributed by atoms with van der Waals surface area (Å²) in [7, 11) is 0. The first-order valence-electron chi connectivity index (χ1n) is 8.58. The predicted molar refractivity (Wildman–Crippen MR) is 105 cm³/mol. The van der Waals surface area contributed by atoms with Crippen molar-refractivity contribution >= 4 is 17.1 Å². The fourth-order valence-corrected chi connectivity index (χ4v) is 3.04. The SMILES string of the molecule is C=CCNc1ccc(-c2nc(-c3ccc4c(c3)N=C(C)C4)no2)cc1C#N. The van der Waals surface area contributed by atoms with Gasteiger partial charge in [-0.15, -0.1) is 6.58 Å². The highest BCUT2D eigenvalue weighted by Crippen LogP contribution is 2.32. The third-order valence-electron chi connectivity index (χ3n) is 4.35. The molecule has 4 rings (SSSR count). The molecule has 3 aromatic rings. The smallest absolute Gasteiger partial charge is 0.258 e. The van der Waals surface area contributed by atoms with E-state index in [2.05, 4.69) is 39.2 Å². The third-order valence-corrected chi connectivity index (χ3v) is 4.35. The van der Waals surface area contributed by atoms with Crippen LogP contribution in [0.15, 0.2) is 58.6 Å². The van der Waals surface area contributed by atoms with Crippen LogP contribution in [0.2, 0.25) is 0 Å². The molecule has 2 heterocycles. The monoisotopic (exact) mass is 355 g/mol. The largest absolute Gasteiger partial charge is 0.381 e. The number of rotatable bonds is 5. The second-order valence-corrected chi connectivity index (χ2v) is 6.33.